The van der Waals surface area contributed by atoms with E-state index in [4.69, 9.17) is 19.0 Å². The first kappa shape index (κ1) is 19.0. The van der Waals surface area contributed by atoms with Crippen LogP contribution in [-0.2, 0) is 16.1 Å². The number of hydrogen-bond donors (Lipinski definition) is 1. The first-order valence-corrected chi connectivity index (χ1v) is 9.87. The molecule has 0 bridgehead atoms. The van der Waals surface area contributed by atoms with Crippen LogP contribution in [0.3, 0.4) is 0 Å². The van der Waals surface area contributed by atoms with Gasteiger partial charge in [0.15, 0.2) is 11.5 Å². The smallest absolute Gasteiger partial charge is 0.161 e. The number of fused-ring (bicyclic) bond motifs is 1. The number of likely N-dealkylation sites (tertiary alicyclic amines) is 1. The Morgan fingerprint density at radius 2 is 2.04 bits per heavy atom. The molecule has 27 heavy (non-hydrogen) atoms. The van der Waals surface area contributed by atoms with Crippen molar-refractivity contribution in [1.82, 2.24) is 9.96 Å². The SMILES string of the molecule is COc1cc(CN2CCCO2)ccc1OCC(O)CN1C[C@H]2COC[C@H]2C1. The van der Waals surface area contributed by atoms with Crippen LogP contribution in [0, 0.1) is 11.8 Å². The van der Waals surface area contributed by atoms with Crippen molar-refractivity contribution in [3.8, 4) is 11.5 Å². The van der Waals surface area contributed by atoms with E-state index in [2.05, 4.69) is 4.90 Å². The largest absolute Gasteiger partial charge is 0.493 e. The molecule has 3 aliphatic heterocycles. The van der Waals surface area contributed by atoms with Gasteiger partial charge in [-0.2, -0.15) is 5.06 Å². The summed E-state index contributed by atoms with van der Waals surface area (Å²) in [4.78, 5) is 7.87. The number of ether oxygens (including phenoxy) is 3. The molecule has 7 heteroatoms. The minimum atomic E-state index is -0.521. The number of aliphatic hydroxyl groups is 1. The molecule has 4 rings (SSSR count). The highest BCUT2D eigenvalue weighted by molar-refractivity contribution is 5.43. The quantitative estimate of drug-likeness (QED) is 0.728. The van der Waals surface area contributed by atoms with E-state index in [1.165, 1.54) is 0 Å². The Bertz CT molecular complexity index is 610. The highest BCUT2D eigenvalue weighted by Gasteiger charge is 2.37. The van der Waals surface area contributed by atoms with E-state index < -0.39 is 6.10 Å². The Morgan fingerprint density at radius 3 is 2.74 bits per heavy atom. The van der Waals surface area contributed by atoms with Crippen LogP contribution in [0.2, 0.25) is 0 Å². The van der Waals surface area contributed by atoms with Crippen LogP contribution in [0.4, 0.5) is 0 Å². The topological polar surface area (TPSA) is 63.6 Å². The van der Waals surface area contributed by atoms with Gasteiger partial charge in [0.2, 0.25) is 0 Å². The molecule has 1 N–H and O–H groups in total. The van der Waals surface area contributed by atoms with Gasteiger partial charge in [-0.25, -0.2) is 0 Å². The molecule has 3 fully saturated rings. The average Bonchev–Trinajstić information content (AvgIpc) is 3.38. The van der Waals surface area contributed by atoms with E-state index in [0.717, 1.165) is 58.0 Å². The van der Waals surface area contributed by atoms with Gasteiger partial charge >= 0.3 is 0 Å². The molecule has 0 spiro atoms. The van der Waals surface area contributed by atoms with Crippen molar-refractivity contribution in [3.63, 3.8) is 0 Å². The molecular weight excluding hydrogens is 348 g/mol. The maximum absolute atomic E-state index is 10.4. The van der Waals surface area contributed by atoms with Crippen LogP contribution in [0.25, 0.3) is 0 Å². The second-order valence-electron chi connectivity index (χ2n) is 7.78. The van der Waals surface area contributed by atoms with Crippen molar-refractivity contribution >= 4 is 0 Å². The Labute approximate surface area is 160 Å². The standard InChI is InChI=1S/C20H30N2O5/c1-24-20-7-15(8-22-5-2-6-27-22)3-4-19(20)26-14-18(23)11-21-9-16-12-25-13-17(16)10-21/h3-4,7,16-18,23H,2,5-6,8-14H2,1H3/t16-,17+,18?. The highest BCUT2D eigenvalue weighted by Crippen LogP contribution is 2.30. The van der Waals surface area contributed by atoms with Crippen LogP contribution in [0.1, 0.15) is 12.0 Å². The lowest BCUT2D eigenvalue weighted by atomic mass is 10.0. The Morgan fingerprint density at radius 1 is 1.22 bits per heavy atom. The molecule has 1 aromatic rings. The normalized spacial score (nSPS) is 27.0. The minimum Gasteiger partial charge on any atom is -0.493 e. The van der Waals surface area contributed by atoms with Gasteiger partial charge in [0.1, 0.15) is 12.7 Å². The lowest BCUT2D eigenvalue weighted by molar-refractivity contribution is -0.117. The van der Waals surface area contributed by atoms with Crippen molar-refractivity contribution in [2.24, 2.45) is 11.8 Å². The zero-order valence-electron chi connectivity index (χ0n) is 16.0. The van der Waals surface area contributed by atoms with Gasteiger partial charge in [-0.15, -0.1) is 0 Å². The van der Waals surface area contributed by atoms with Gasteiger partial charge in [-0.3, -0.25) is 9.74 Å². The maximum Gasteiger partial charge on any atom is 0.161 e. The third-order valence-electron chi connectivity index (χ3n) is 5.63. The molecule has 3 saturated heterocycles. The summed E-state index contributed by atoms with van der Waals surface area (Å²) >= 11 is 0. The number of hydroxylamine groups is 2. The average molecular weight is 378 g/mol. The van der Waals surface area contributed by atoms with Gasteiger partial charge in [0, 0.05) is 44.6 Å². The molecule has 3 aliphatic rings. The summed E-state index contributed by atoms with van der Waals surface area (Å²) in [6.07, 6.45) is 0.550. The molecule has 0 amide bonds. The molecular formula is C20H30N2O5. The van der Waals surface area contributed by atoms with Crippen LogP contribution < -0.4 is 9.47 Å². The van der Waals surface area contributed by atoms with E-state index in [1.807, 2.05) is 23.3 Å². The van der Waals surface area contributed by atoms with Crippen molar-refractivity contribution in [1.29, 1.82) is 0 Å². The van der Waals surface area contributed by atoms with Crippen molar-refractivity contribution in [2.45, 2.75) is 19.1 Å². The van der Waals surface area contributed by atoms with Crippen LogP contribution in [0.5, 0.6) is 11.5 Å². The lowest BCUT2D eigenvalue weighted by Crippen LogP contribution is -2.35. The summed E-state index contributed by atoms with van der Waals surface area (Å²) in [5.41, 5.74) is 1.12. The number of benzene rings is 1. The third kappa shape index (κ3) is 4.73. The molecule has 1 unspecified atom stereocenters. The van der Waals surface area contributed by atoms with E-state index in [0.29, 0.717) is 29.9 Å². The summed E-state index contributed by atoms with van der Waals surface area (Å²) < 4.78 is 16.8. The molecule has 0 aliphatic carbocycles. The van der Waals surface area contributed by atoms with Crippen LogP contribution in [-0.4, -0.2) is 80.9 Å². The van der Waals surface area contributed by atoms with Gasteiger partial charge in [0.05, 0.1) is 26.9 Å². The summed E-state index contributed by atoms with van der Waals surface area (Å²) in [5, 5.41) is 12.3. The van der Waals surface area contributed by atoms with Gasteiger partial charge < -0.3 is 19.3 Å². The van der Waals surface area contributed by atoms with Crippen molar-refractivity contribution in [2.75, 3.05) is 59.7 Å². The molecule has 3 heterocycles. The Balaban J connectivity index is 1.26. The number of methoxy groups -OCH3 is 1. The van der Waals surface area contributed by atoms with E-state index in [9.17, 15) is 5.11 Å². The van der Waals surface area contributed by atoms with E-state index in [1.54, 1.807) is 7.11 Å². The fourth-order valence-corrected chi connectivity index (χ4v) is 4.23. The molecule has 150 valence electrons. The van der Waals surface area contributed by atoms with Gasteiger partial charge in [-0.1, -0.05) is 6.07 Å². The highest BCUT2D eigenvalue weighted by atomic mass is 16.7. The Kier molecular flexibility index (Phi) is 6.14. The van der Waals surface area contributed by atoms with Gasteiger partial charge in [-0.05, 0) is 24.1 Å². The summed E-state index contributed by atoms with van der Waals surface area (Å²) in [6.45, 7) is 7.13. The first-order chi connectivity index (χ1) is 13.2. The molecule has 7 nitrogen and oxygen atoms in total. The number of aliphatic hydroxyl groups excluding tert-OH is 1. The van der Waals surface area contributed by atoms with Crippen LogP contribution in [0.15, 0.2) is 18.2 Å². The predicted molar refractivity (Wildman–Crippen MR) is 99.7 cm³/mol. The molecule has 0 aromatic heterocycles. The zero-order chi connectivity index (χ0) is 18.6. The number of nitrogens with zero attached hydrogens (tertiary/aromatic N) is 2. The van der Waals surface area contributed by atoms with Gasteiger partial charge in [0.25, 0.3) is 0 Å². The summed E-state index contributed by atoms with van der Waals surface area (Å²) in [6, 6.07) is 5.91. The first-order valence-electron chi connectivity index (χ1n) is 9.87. The lowest BCUT2D eigenvalue weighted by Gasteiger charge is -2.21. The summed E-state index contributed by atoms with van der Waals surface area (Å²) in [5.74, 6) is 2.61. The zero-order valence-corrected chi connectivity index (χ0v) is 16.0. The molecule has 1 aromatic carbocycles. The maximum atomic E-state index is 10.4. The number of rotatable bonds is 8. The van der Waals surface area contributed by atoms with E-state index >= 15 is 0 Å². The molecule has 0 saturated carbocycles. The fraction of sp³-hybridized carbons (Fsp3) is 0.700. The van der Waals surface area contributed by atoms with Crippen molar-refractivity contribution in [3.05, 3.63) is 23.8 Å². The number of β-amino-alcohol motifs (C(OH)–C–C–N with tert-alkyl or cyclic N) is 1. The molecule has 3 atom stereocenters. The third-order valence-corrected chi connectivity index (χ3v) is 5.63. The van der Waals surface area contributed by atoms with Crippen molar-refractivity contribution < 1.29 is 24.2 Å². The number of hydrogen-bond acceptors (Lipinski definition) is 7. The van der Waals surface area contributed by atoms with Crippen LogP contribution >= 0.6 is 0 Å². The fourth-order valence-electron chi connectivity index (χ4n) is 4.23. The monoisotopic (exact) mass is 378 g/mol. The second-order valence-corrected chi connectivity index (χ2v) is 7.78. The van der Waals surface area contributed by atoms with E-state index in [-0.39, 0.29) is 6.61 Å². The minimum absolute atomic E-state index is 0.257. The predicted octanol–water partition coefficient (Wildman–Crippen LogP) is 1.15. The second kappa shape index (κ2) is 8.75. The summed E-state index contributed by atoms with van der Waals surface area (Å²) in [7, 11) is 1.64. The molecule has 0 radical (unpaired) electrons. The Hall–Kier alpha value is -1.38.